The Morgan fingerprint density at radius 2 is 1.79 bits per heavy atom. The summed E-state index contributed by atoms with van der Waals surface area (Å²) in [5, 5.41) is 3.42. The third-order valence-electron chi connectivity index (χ3n) is 3.23. The minimum Gasteiger partial charge on any atom is -0.493 e. The summed E-state index contributed by atoms with van der Waals surface area (Å²) in [5.41, 5.74) is 0. The van der Waals surface area contributed by atoms with Crippen LogP contribution in [0, 0.1) is 0 Å². The topological polar surface area (TPSA) is 56.8 Å². The monoisotopic (exact) mass is 349 g/mol. The molecule has 0 aliphatic heterocycles. The summed E-state index contributed by atoms with van der Waals surface area (Å²) in [6.07, 6.45) is -0.642. The molecule has 2 rings (SSSR count). The molecular formula is C18H20ClNO4. The van der Waals surface area contributed by atoms with Crippen LogP contribution in [-0.4, -0.2) is 32.3 Å². The van der Waals surface area contributed by atoms with E-state index in [9.17, 15) is 4.79 Å². The van der Waals surface area contributed by atoms with E-state index in [1.807, 2.05) is 12.1 Å². The lowest BCUT2D eigenvalue weighted by Crippen LogP contribution is -2.38. The van der Waals surface area contributed by atoms with E-state index < -0.39 is 6.10 Å². The Hall–Kier alpha value is -2.40. The van der Waals surface area contributed by atoms with Crippen molar-refractivity contribution in [3.05, 3.63) is 53.6 Å². The second kappa shape index (κ2) is 9.03. The van der Waals surface area contributed by atoms with Crippen molar-refractivity contribution >= 4 is 17.5 Å². The average molecular weight is 350 g/mol. The lowest BCUT2D eigenvalue weighted by Gasteiger charge is -2.16. The van der Waals surface area contributed by atoms with Gasteiger partial charge in [0, 0.05) is 5.02 Å². The average Bonchev–Trinajstić information content (AvgIpc) is 2.60. The maximum atomic E-state index is 12.1. The van der Waals surface area contributed by atoms with Gasteiger partial charge in [0.25, 0.3) is 5.91 Å². The lowest BCUT2D eigenvalue weighted by atomic mass is 10.3. The van der Waals surface area contributed by atoms with Gasteiger partial charge < -0.3 is 19.5 Å². The van der Waals surface area contributed by atoms with Gasteiger partial charge in [0.2, 0.25) is 0 Å². The van der Waals surface area contributed by atoms with Gasteiger partial charge in [-0.2, -0.15) is 0 Å². The third-order valence-corrected chi connectivity index (χ3v) is 3.48. The lowest BCUT2D eigenvalue weighted by molar-refractivity contribution is -0.127. The molecule has 0 aliphatic carbocycles. The van der Waals surface area contributed by atoms with E-state index in [-0.39, 0.29) is 5.91 Å². The Balaban J connectivity index is 1.74. The zero-order valence-corrected chi connectivity index (χ0v) is 14.4. The number of ether oxygens (including phenoxy) is 3. The van der Waals surface area contributed by atoms with Gasteiger partial charge in [0.05, 0.1) is 13.7 Å². The van der Waals surface area contributed by atoms with Crippen LogP contribution in [-0.2, 0) is 4.79 Å². The number of carbonyl (C=O) groups is 1. The molecule has 2 aromatic rings. The van der Waals surface area contributed by atoms with Crippen LogP contribution < -0.4 is 19.5 Å². The molecule has 0 aromatic heterocycles. The van der Waals surface area contributed by atoms with E-state index >= 15 is 0 Å². The molecule has 2 aromatic carbocycles. The number of carbonyl (C=O) groups excluding carboxylic acids is 1. The Kier molecular flexibility index (Phi) is 6.75. The van der Waals surface area contributed by atoms with Gasteiger partial charge >= 0.3 is 0 Å². The van der Waals surface area contributed by atoms with Gasteiger partial charge in [0.15, 0.2) is 17.6 Å². The van der Waals surface area contributed by atoms with E-state index in [1.54, 1.807) is 50.4 Å². The minimum atomic E-state index is -0.642. The second-order valence-corrected chi connectivity index (χ2v) is 5.44. The Morgan fingerprint density at radius 1 is 1.12 bits per heavy atom. The highest BCUT2D eigenvalue weighted by Crippen LogP contribution is 2.26. The molecule has 1 atom stereocenters. The van der Waals surface area contributed by atoms with Crippen molar-refractivity contribution in [2.45, 2.75) is 13.0 Å². The summed E-state index contributed by atoms with van der Waals surface area (Å²) in [7, 11) is 1.56. The first-order chi connectivity index (χ1) is 11.6. The number of hydrogen-bond acceptors (Lipinski definition) is 4. The van der Waals surface area contributed by atoms with Crippen LogP contribution in [0.3, 0.4) is 0 Å². The molecule has 0 bridgehead atoms. The van der Waals surface area contributed by atoms with Crippen molar-refractivity contribution in [3.8, 4) is 17.2 Å². The molecule has 1 N–H and O–H groups in total. The van der Waals surface area contributed by atoms with E-state index in [0.29, 0.717) is 35.4 Å². The summed E-state index contributed by atoms with van der Waals surface area (Å²) in [6.45, 7) is 2.41. The second-order valence-electron chi connectivity index (χ2n) is 5.00. The molecule has 0 fully saturated rings. The number of halogens is 1. The molecule has 0 heterocycles. The largest absolute Gasteiger partial charge is 0.493 e. The third kappa shape index (κ3) is 5.35. The summed E-state index contributed by atoms with van der Waals surface area (Å²) < 4.78 is 16.3. The van der Waals surface area contributed by atoms with E-state index in [4.69, 9.17) is 25.8 Å². The van der Waals surface area contributed by atoms with Gasteiger partial charge in [-0.05, 0) is 43.3 Å². The van der Waals surface area contributed by atoms with Gasteiger partial charge in [-0.1, -0.05) is 23.7 Å². The smallest absolute Gasteiger partial charge is 0.260 e. The highest BCUT2D eigenvalue weighted by Gasteiger charge is 2.16. The van der Waals surface area contributed by atoms with Crippen molar-refractivity contribution in [2.24, 2.45) is 0 Å². The molecule has 128 valence electrons. The molecule has 0 saturated heterocycles. The Bertz CT molecular complexity index is 660. The van der Waals surface area contributed by atoms with Gasteiger partial charge in [-0.25, -0.2) is 0 Å². The van der Waals surface area contributed by atoms with Gasteiger partial charge in [-0.3, -0.25) is 4.79 Å². The van der Waals surface area contributed by atoms with Crippen LogP contribution in [0.25, 0.3) is 0 Å². The van der Waals surface area contributed by atoms with E-state index in [2.05, 4.69) is 5.32 Å². The van der Waals surface area contributed by atoms with Gasteiger partial charge in [0.1, 0.15) is 12.4 Å². The first-order valence-electron chi connectivity index (χ1n) is 7.56. The number of rotatable bonds is 8. The maximum Gasteiger partial charge on any atom is 0.260 e. The number of hydrogen-bond donors (Lipinski definition) is 1. The van der Waals surface area contributed by atoms with Crippen molar-refractivity contribution in [1.82, 2.24) is 5.32 Å². The van der Waals surface area contributed by atoms with Crippen molar-refractivity contribution in [2.75, 3.05) is 20.3 Å². The van der Waals surface area contributed by atoms with Crippen LogP contribution in [0.15, 0.2) is 48.5 Å². The Morgan fingerprint density at radius 3 is 2.46 bits per heavy atom. The molecule has 0 radical (unpaired) electrons. The molecule has 6 heteroatoms. The summed E-state index contributed by atoms with van der Waals surface area (Å²) in [6, 6.07) is 14.2. The van der Waals surface area contributed by atoms with Crippen molar-refractivity contribution in [1.29, 1.82) is 0 Å². The summed E-state index contributed by atoms with van der Waals surface area (Å²) in [5.74, 6) is 1.59. The first kappa shape index (κ1) is 17.9. The highest BCUT2D eigenvalue weighted by atomic mass is 35.5. The number of benzene rings is 2. The number of methoxy groups -OCH3 is 1. The number of nitrogens with one attached hydrogen (secondary N) is 1. The predicted molar refractivity (Wildman–Crippen MR) is 93.0 cm³/mol. The molecule has 0 unspecified atom stereocenters. The fourth-order valence-corrected chi connectivity index (χ4v) is 2.10. The van der Waals surface area contributed by atoms with Crippen molar-refractivity contribution in [3.63, 3.8) is 0 Å². The van der Waals surface area contributed by atoms with Gasteiger partial charge in [-0.15, -0.1) is 0 Å². The maximum absolute atomic E-state index is 12.1. The van der Waals surface area contributed by atoms with E-state index in [1.165, 1.54) is 0 Å². The fraction of sp³-hybridized carbons (Fsp3) is 0.278. The fourth-order valence-electron chi connectivity index (χ4n) is 1.98. The van der Waals surface area contributed by atoms with Crippen LogP contribution >= 0.6 is 11.6 Å². The first-order valence-corrected chi connectivity index (χ1v) is 7.93. The minimum absolute atomic E-state index is 0.222. The molecular weight excluding hydrogens is 330 g/mol. The van der Waals surface area contributed by atoms with Crippen LogP contribution in [0.1, 0.15) is 6.92 Å². The predicted octanol–water partition coefficient (Wildman–Crippen LogP) is 3.31. The standard InChI is InChI=1S/C18H20ClNO4/c1-13(24-17-6-4-3-5-16(17)22-2)18(21)20-11-12-23-15-9-7-14(19)8-10-15/h3-10,13H,11-12H2,1-2H3,(H,20,21)/t13-/m0/s1. The molecule has 5 nitrogen and oxygen atoms in total. The number of amides is 1. The quantitative estimate of drug-likeness (QED) is 0.743. The Labute approximate surface area is 146 Å². The molecule has 1 amide bonds. The van der Waals surface area contributed by atoms with Crippen LogP contribution in [0.4, 0.5) is 0 Å². The zero-order valence-electron chi connectivity index (χ0n) is 13.6. The number of para-hydroxylation sites is 2. The molecule has 0 spiro atoms. The summed E-state index contributed by atoms with van der Waals surface area (Å²) in [4.78, 5) is 12.1. The van der Waals surface area contributed by atoms with E-state index in [0.717, 1.165) is 0 Å². The summed E-state index contributed by atoms with van der Waals surface area (Å²) >= 11 is 5.80. The SMILES string of the molecule is COc1ccccc1O[C@@H](C)C(=O)NCCOc1ccc(Cl)cc1. The molecule has 0 aliphatic rings. The van der Waals surface area contributed by atoms with Crippen molar-refractivity contribution < 1.29 is 19.0 Å². The highest BCUT2D eigenvalue weighted by molar-refractivity contribution is 6.30. The van der Waals surface area contributed by atoms with Crippen LogP contribution in [0.5, 0.6) is 17.2 Å². The molecule has 24 heavy (non-hydrogen) atoms. The van der Waals surface area contributed by atoms with Crippen LogP contribution in [0.2, 0.25) is 5.02 Å². The zero-order chi connectivity index (χ0) is 17.4. The molecule has 0 saturated carbocycles. The normalized spacial score (nSPS) is 11.5.